The second kappa shape index (κ2) is 11.2. The van der Waals surface area contributed by atoms with E-state index in [1.54, 1.807) is 12.4 Å². The molecule has 1 fully saturated rings. The lowest BCUT2D eigenvalue weighted by Gasteiger charge is -2.28. The lowest BCUT2D eigenvalue weighted by Crippen LogP contribution is -2.15. The quantitative estimate of drug-likeness (QED) is 0.451. The molecule has 0 N–H and O–H groups in total. The third-order valence-corrected chi connectivity index (χ3v) is 6.09. The van der Waals surface area contributed by atoms with Gasteiger partial charge in [0.2, 0.25) is 0 Å². The molecule has 1 aromatic carbocycles. The molecule has 1 saturated carbocycles. The predicted molar refractivity (Wildman–Crippen MR) is 117 cm³/mol. The number of rotatable bonds is 10. The van der Waals surface area contributed by atoms with Crippen LogP contribution < -0.4 is 4.74 Å². The molecule has 0 unspecified atom stereocenters. The molecule has 0 atom stereocenters. The van der Waals surface area contributed by atoms with E-state index in [-0.39, 0.29) is 0 Å². The van der Waals surface area contributed by atoms with Crippen LogP contribution in [0.25, 0.3) is 11.4 Å². The van der Waals surface area contributed by atoms with Gasteiger partial charge >= 0.3 is 0 Å². The zero-order valence-corrected chi connectivity index (χ0v) is 17.7. The molecule has 0 bridgehead atoms. The number of hydrogen-bond donors (Lipinski definition) is 0. The van der Waals surface area contributed by atoms with Crippen molar-refractivity contribution in [1.82, 2.24) is 9.97 Å². The third-order valence-electron chi connectivity index (χ3n) is 6.09. The van der Waals surface area contributed by atoms with Crippen LogP contribution in [0.1, 0.15) is 77.2 Å². The van der Waals surface area contributed by atoms with Crippen LogP contribution >= 0.6 is 0 Å². The van der Waals surface area contributed by atoms with Crippen molar-refractivity contribution in [3.05, 3.63) is 42.2 Å². The van der Waals surface area contributed by atoms with Crippen LogP contribution in [0, 0.1) is 11.8 Å². The summed E-state index contributed by atoms with van der Waals surface area (Å²) in [5.41, 5.74) is 2.50. The number of nitrogens with zero attached hydrogens (tertiary/aromatic N) is 2. The van der Waals surface area contributed by atoms with Crippen molar-refractivity contribution in [2.24, 2.45) is 11.8 Å². The van der Waals surface area contributed by atoms with Crippen molar-refractivity contribution in [3.8, 4) is 17.1 Å². The minimum atomic E-state index is 0.706. The molecule has 0 radical (unpaired) electrons. The minimum Gasteiger partial charge on any atom is -0.490 e. The van der Waals surface area contributed by atoms with Gasteiger partial charge in [-0.05, 0) is 36.7 Å². The van der Waals surface area contributed by atoms with Crippen LogP contribution in [0.2, 0.25) is 0 Å². The summed E-state index contributed by atoms with van der Waals surface area (Å²) < 4.78 is 5.56. The minimum absolute atomic E-state index is 0.706. The lowest BCUT2D eigenvalue weighted by atomic mass is 9.78. The van der Waals surface area contributed by atoms with Gasteiger partial charge in [0.1, 0.15) is 0 Å². The van der Waals surface area contributed by atoms with E-state index >= 15 is 0 Å². The number of ether oxygens (including phenoxy) is 1. The van der Waals surface area contributed by atoms with Gasteiger partial charge in [0.05, 0.1) is 19.0 Å². The maximum Gasteiger partial charge on any atom is 0.159 e. The largest absolute Gasteiger partial charge is 0.490 e. The van der Waals surface area contributed by atoms with E-state index < -0.39 is 0 Å². The molecule has 0 spiro atoms. The number of unbranched alkanes of at least 4 members (excludes halogenated alkanes) is 1. The van der Waals surface area contributed by atoms with Crippen LogP contribution in [0.5, 0.6) is 5.75 Å². The van der Waals surface area contributed by atoms with Gasteiger partial charge in [-0.15, -0.1) is 0 Å². The molecule has 3 heteroatoms. The van der Waals surface area contributed by atoms with Crippen LogP contribution in [0.4, 0.5) is 0 Å². The van der Waals surface area contributed by atoms with Gasteiger partial charge in [-0.1, -0.05) is 83.1 Å². The fourth-order valence-electron chi connectivity index (χ4n) is 4.25. The maximum atomic E-state index is 5.56. The monoisotopic (exact) mass is 380 g/mol. The molecule has 0 saturated heterocycles. The van der Waals surface area contributed by atoms with E-state index in [9.17, 15) is 0 Å². The van der Waals surface area contributed by atoms with E-state index in [2.05, 4.69) is 48.1 Å². The summed E-state index contributed by atoms with van der Waals surface area (Å²) >= 11 is 0. The Morgan fingerprint density at radius 2 is 1.50 bits per heavy atom. The molecule has 1 aromatic heterocycles. The summed E-state index contributed by atoms with van der Waals surface area (Å²) in [5, 5.41) is 0. The molecule has 1 aliphatic rings. The summed E-state index contributed by atoms with van der Waals surface area (Å²) in [5.74, 6) is 3.44. The Hall–Kier alpha value is -1.90. The smallest absolute Gasteiger partial charge is 0.159 e. The molecular weight excluding hydrogens is 344 g/mol. The van der Waals surface area contributed by atoms with Gasteiger partial charge in [0, 0.05) is 5.56 Å². The molecule has 0 amide bonds. The Bertz CT molecular complexity index is 673. The maximum absolute atomic E-state index is 5.56. The summed E-state index contributed by atoms with van der Waals surface area (Å²) in [6.07, 6.45) is 17.1. The fraction of sp³-hybridized carbons (Fsp3) is 0.600. The Labute approximate surface area is 171 Å². The van der Waals surface area contributed by atoms with Gasteiger partial charge in [-0.25, -0.2) is 9.97 Å². The first-order valence-electron chi connectivity index (χ1n) is 11.3. The Balaban J connectivity index is 1.44. The highest BCUT2D eigenvalue weighted by Gasteiger charge is 2.20. The molecule has 28 heavy (non-hydrogen) atoms. The number of aryl methyl sites for hydroxylation is 1. The van der Waals surface area contributed by atoms with Crippen molar-refractivity contribution in [2.45, 2.75) is 78.1 Å². The van der Waals surface area contributed by atoms with Gasteiger partial charge in [-0.2, -0.15) is 0 Å². The highest BCUT2D eigenvalue weighted by atomic mass is 16.5. The average Bonchev–Trinajstić information content (AvgIpc) is 2.76. The van der Waals surface area contributed by atoms with E-state index in [1.807, 2.05) is 0 Å². The van der Waals surface area contributed by atoms with E-state index in [1.165, 1.54) is 63.4 Å². The van der Waals surface area contributed by atoms with E-state index in [0.29, 0.717) is 6.61 Å². The third kappa shape index (κ3) is 6.32. The van der Waals surface area contributed by atoms with Crippen molar-refractivity contribution in [3.63, 3.8) is 0 Å². The summed E-state index contributed by atoms with van der Waals surface area (Å²) in [6.45, 7) is 5.10. The van der Waals surface area contributed by atoms with Crippen LogP contribution in [0.3, 0.4) is 0 Å². The van der Waals surface area contributed by atoms with Gasteiger partial charge in [0.25, 0.3) is 0 Å². The number of benzene rings is 1. The van der Waals surface area contributed by atoms with Crippen molar-refractivity contribution in [2.75, 3.05) is 6.61 Å². The molecule has 1 heterocycles. The molecule has 2 aromatic rings. The van der Waals surface area contributed by atoms with Gasteiger partial charge < -0.3 is 4.74 Å². The summed E-state index contributed by atoms with van der Waals surface area (Å²) in [4.78, 5) is 8.89. The first-order valence-corrected chi connectivity index (χ1v) is 11.3. The Morgan fingerprint density at radius 1 is 0.857 bits per heavy atom. The lowest BCUT2D eigenvalue weighted by molar-refractivity contribution is 0.250. The van der Waals surface area contributed by atoms with Gasteiger partial charge in [0.15, 0.2) is 11.6 Å². The Morgan fingerprint density at radius 3 is 2.11 bits per heavy atom. The summed E-state index contributed by atoms with van der Waals surface area (Å²) in [7, 11) is 0. The van der Waals surface area contributed by atoms with E-state index in [4.69, 9.17) is 4.74 Å². The van der Waals surface area contributed by atoms with Crippen molar-refractivity contribution < 1.29 is 4.74 Å². The highest BCUT2D eigenvalue weighted by Crippen LogP contribution is 2.34. The molecule has 1 aliphatic carbocycles. The first kappa shape index (κ1) is 20.8. The zero-order valence-electron chi connectivity index (χ0n) is 17.7. The topological polar surface area (TPSA) is 35.0 Å². The van der Waals surface area contributed by atoms with E-state index in [0.717, 1.165) is 35.4 Å². The highest BCUT2D eigenvalue weighted by molar-refractivity contribution is 5.55. The van der Waals surface area contributed by atoms with Gasteiger partial charge in [-0.3, -0.25) is 0 Å². The molecule has 3 nitrogen and oxygen atoms in total. The zero-order chi connectivity index (χ0) is 19.6. The Kier molecular flexibility index (Phi) is 8.32. The molecule has 3 rings (SSSR count). The predicted octanol–water partition coefficient (Wildman–Crippen LogP) is 6.86. The molecule has 0 aliphatic heterocycles. The summed E-state index contributed by atoms with van der Waals surface area (Å²) in [6, 6.07) is 8.79. The number of hydrogen-bond acceptors (Lipinski definition) is 3. The second-order valence-corrected chi connectivity index (χ2v) is 8.36. The normalized spacial score (nSPS) is 19.5. The van der Waals surface area contributed by atoms with Crippen molar-refractivity contribution in [1.29, 1.82) is 0 Å². The standard InChI is InChI=1S/C25H36N2O/c1-3-5-6-20-7-9-21(10-8-20)11-12-22-13-15-23(16-14-22)25-26-18-24(19-27-25)28-17-4-2/h13-16,18-21H,3-12,17H2,1-2H3/t20-,21-. The average molecular weight is 381 g/mol. The fourth-order valence-corrected chi connectivity index (χ4v) is 4.25. The van der Waals surface area contributed by atoms with Crippen LogP contribution in [-0.4, -0.2) is 16.6 Å². The number of aromatic nitrogens is 2. The first-order chi connectivity index (χ1) is 13.8. The molecule has 152 valence electrons. The van der Waals surface area contributed by atoms with Crippen molar-refractivity contribution >= 4 is 0 Å². The molecular formula is C25H36N2O. The van der Waals surface area contributed by atoms with Crippen LogP contribution in [0.15, 0.2) is 36.7 Å². The second-order valence-electron chi connectivity index (χ2n) is 8.36. The SMILES string of the molecule is CCCC[C@H]1CC[C@H](CCc2ccc(-c3ncc(OCCC)cn3)cc2)CC1. The van der Waals surface area contributed by atoms with Crippen LogP contribution in [-0.2, 0) is 6.42 Å².